The maximum absolute atomic E-state index is 12.3. The van der Waals surface area contributed by atoms with Gasteiger partial charge in [-0.05, 0) is 89.9 Å². The van der Waals surface area contributed by atoms with Crippen molar-refractivity contribution in [1.82, 2.24) is 0 Å². The number of carbonyl (C=O) groups excluding carboxylic acids is 2. The van der Waals surface area contributed by atoms with Gasteiger partial charge in [-0.3, -0.25) is 9.59 Å². The summed E-state index contributed by atoms with van der Waals surface area (Å²) in [4.78, 5) is 24.6. The summed E-state index contributed by atoms with van der Waals surface area (Å²) in [5, 5.41) is 9.68. The molecule has 0 rings (SSSR count). The fraction of sp³-hybridized carbons (Fsp3) is 0.699. The van der Waals surface area contributed by atoms with Crippen molar-refractivity contribution < 1.29 is 24.2 Å². The Hall–Kier alpha value is -3.70. The van der Waals surface area contributed by atoms with Crippen molar-refractivity contribution in [1.29, 1.82) is 0 Å². The van der Waals surface area contributed by atoms with Gasteiger partial charge in [-0.1, -0.05) is 328 Å². The second-order valence-electron chi connectivity index (χ2n) is 21.8. The number of allylic oxidation sites excluding steroid dienone is 20. The summed E-state index contributed by atoms with van der Waals surface area (Å²) in [6.07, 6.45) is 99.3. The molecule has 1 unspecified atom stereocenters. The molecule has 0 amide bonds. The van der Waals surface area contributed by atoms with E-state index < -0.39 is 6.10 Å². The first kappa shape index (κ1) is 74.3. The molecule has 0 bridgehead atoms. The third-order valence-electron chi connectivity index (χ3n) is 14.3. The Kier molecular flexibility index (Phi) is 64.4. The zero-order chi connectivity index (χ0) is 56.2. The number of carbonyl (C=O) groups is 2. The molecule has 78 heavy (non-hydrogen) atoms. The number of aliphatic hydroxyl groups excluding tert-OH is 1. The first-order valence-corrected chi connectivity index (χ1v) is 33.1. The van der Waals surface area contributed by atoms with E-state index >= 15 is 0 Å². The summed E-state index contributed by atoms with van der Waals surface area (Å²) >= 11 is 0. The molecule has 0 aliphatic rings. The van der Waals surface area contributed by atoms with Gasteiger partial charge in [0.15, 0.2) is 6.10 Å². The van der Waals surface area contributed by atoms with Crippen LogP contribution in [0.15, 0.2) is 122 Å². The quantitative estimate of drug-likeness (QED) is 0.0373. The van der Waals surface area contributed by atoms with Crippen molar-refractivity contribution in [2.75, 3.05) is 13.2 Å². The van der Waals surface area contributed by atoms with Gasteiger partial charge in [0.1, 0.15) is 6.61 Å². The smallest absolute Gasteiger partial charge is 0.306 e. The Balaban J connectivity index is 3.57. The second kappa shape index (κ2) is 67.6. The summed E-state index contributed by atoms with van der Waals surface area (Å²) in [5.74, 6) is -0.638. The van der Waals surface area contributed by atoms with Crippen LogP contribution in [0.5, 0.6) is 0 Å². The Morgan fingerprint density at radius 1 is 0.308 bits per heavy atom. The zero-order valence-electron chi connectivity index (χ0n) is 51.1. The number of esters is 2. The maximum Gasteiger partial charge on any atom is 0.306 e. The van der Waals surface area contributed by atoms with Gasteiger partial charge in [0.25, 0.3) is 0 Å². The summed E-state index contributed by atoms with van der Waals surface area (Å²) in [7, 11) is 0. The largest absolute Gasteiger partial charge is 0.462 e. The highest BCUT2D eigenvalue weighted by Gasteiger charge is 2.16. The number of ether oxygens (including phenoxy) is 2. The Bertz CT molecular complexity index is 1550. The summed E-state index contributed by atoms with van der Waals surface area (Å²) in [6.45, 7) is 4.02. The number of unbranched alkanes of at least 4 members (excludes halogenated alkanes) is 32. The minimum atomic E-state index is -0.804. The predicted octanol–water partition coefficient (Wildman–Crippen LogP) is 23.0. The minimum absolute atomic E-state index is 0.0878. The second-order valence-corrected chi connectivity index (χ2v) is 21.8. The van der Waals surface area contributed by atoms with Crippen LogP contribution in [0.1, 0.15) is 309 Å². The third-order valence-corrected chi connectivity index (χ3v) is 14.3. The van der Waals surface area contributed by atoms with Crippen LogP contribution in [-0.4, -0.2) is 36.4 Å². The van der Waals surface area contributed by atoms with E-state index in [0.717, 1.165) is 103 Å². The molecule has 1 atom stereocenters. The van der Waals surface area contributed by atoms with E-state index in [9.17, 15) is 14.7 Å². The number of hydrogen-bond donors (Lipinski definition) is 1. The van der Waals surface area contributed by atoms with Crippen LogP contribution in [0.25, 0.3) is 0 Å². The third kappa shape index (κ3) is 64.8. The molecule has 5 nitrogen and oxygen atoms in total. The van der Waals surface area contributed by atoms with Gasteiger partial charge in [0.05, 0.1) is 6.61 Å². The first-order chi connectivity index (χ1) is 38.6. The molecule has 0 saturated carbocycles. The highest BCUT2D eigenvalue weighted by atomic mass is 16.6. The fourth-order valence-corrected chi connectivity index (χ4v) is 9.35. The molecule has 0 heterocycles. The SMILES string of the molecule is CC/C=C\C/C=C\C/C=C\C/C=C\C/C=C\C/C=C\C/C=C\C/C=C\C/C=C\C/C=C\CCCCC(=O)OC(CO)COC(=O)CCCCCCCCCCCCCCCCCCCCCCCCCCCCCCCCC. The summed E-state index contributed by atoms with van der Waals surface area (Å²) in [6, 6.07) is 0. The molecular formula is C73H124O5. The van der Waals surface area contributed by atoms with Crippen LogP contribution in [0, 0.1) is 0 Å². The fourth-order valence-electron chi connectivity index (χ4n) is 9.35. The average Bonchev–Trinajstić information content (AvgIpc) is 3.44. The van der Waals surface area contributed by atoms with E-state index in [0.29, 0.717) is 12.8 Å². The van der Waals surface area contributed by atoms with Gasteiger partial charge in [-0.2, -0.15) is 0 Å². The lowest BCUT2D eigenvalue weighted by molar-refractivity contribution is -0.161. The van der Waals surface area contributed by atoms with Gasteiger partial charge in [0, 0.05) is 12.8 Å². The topological polar surface area (TPSA) is 72.8 Å². The number of rotatable bonds is 60. The highest BCUT2D eigenvalue weighted by molar-refractivity contribution is 5.70. The average molecular weight is 1080 g/mol. The van der Waals surface area contributed by atoms with Gasteiger partial charge in [0.2, 0.25) is 0 Å². The van der Waals surface area contributed by atoms with Crippen molar-refractivity contribution in [2.24, 2.45) is 0 Å². The lowest BCUT2D eigenvalue weighted by Crippen LogP contribution is -2.28. The Morgan fingerprint density at radius 3 is 0.833 bits per heavy atom. The van der Waals surface area contributed by atoms with Crippen molar-refractivity contribution in [3.05, 3.63) is 122 Å². The Morgan fingerprint density at radius 2 is 0.551 bits per heavy atom. The maximum atomic E-state index is 12.3. The standard InChI is InChI=1S/C73H124O5/c1-3-5-7-9-11-13-15-17-19-21-23-25-27-29-31-33-35-36-38-40-42-44-46-48-50-52-54-56-58-60-62-64-66-68-73(76)78-71(69-74)70-77-72(75)67-65-63-61-59-57-55-53-51-49-47-45-43-41-39-37-34-32-30-28-26-24-22-20-18-16-14-12-10-8-6-4-2/h5,7,11,13,17,19,23,25,29,31,35-36,40,42,46,48,52,54,58,60,71,74H,3-4,6,8-10,12,14-16,18,20-22,24,26-28,30,32-34,37-39,41,43-45,47,49-51,53,55-57,59,61-70H2,1-2H3/b7-5-,13-11-,19-17-,25-23-,31-29-,36-35-,42-40-,48-46-,54-52-,60-58-. The molecule has 0 radical (unpaired) electrons. The van der Waals surface area contributed by atoms with Gasteiger partial charge >= 0.3 is 11.9 Å². The molecule has 446 valence electrons. The van der Waals surface area contributed by atoms with Crippen LogP contribution in [0.3, 0.4) is 0 Å². The molecule has 0 spiro atoms. The van der Waals surface area contributed by atoms with Crippen LogP contribution < -0.4 is 0 Å². The van der Waals surface area contributed by atoms with Gasteiger partial charge in [-0.25, -0.2) is 0 Å². The first-order valence-electron chi connectivity index (χ1n) is 33.1. The van der Waals surface area contributed by atoms with Crippen molar-refractivity contribution >= 4 is 11.9 Å². The van der Waals surface area contributed by atoms with Crippen LogP contribution in [-0.2, 0) is 19.1 Å². The minimum Gasteiger partial charge on any atom is -0.462 e. The normalized spacial score (nSPS) is 13.0. The zero-order valence-corrected chi connectivity index (χ0v) is 51.1. The predicted molar refractivity (Wildman–Crippen MR) is 343 cm³/mol. The van der Waals surface area contributed by atoms with Crippen LogP contribution in [0.4, 0.5) is 0 Å². The van der Waals surface area contributed by atoms with E-state index in [2.05, 4.69) is 135 Å². The van der Waals surface area contributed by atoms with E-state index in [1.54, 1.807) is 0 Å². The van der Waals surface area contributed by atoms with Crippen molar-refractivity contribution in [3.63, 3.8) is 0 Å². The number of hydrogen-bond acceptors (Lipinski definition) is 5. The Labute approximate surface area is 483 Å². The van der Waals surface area contributed by atoms with Crippen LogP contribution in [0.2, 0.25) is 0 Å². The molecule has 0 aromatic heterocycles. The summed E-state index contributed by atoms with van der Waals surface area (Å²) in [5.41, 5.74) is 0. The molecule has 5 heteroatoms. The molecule has 0 aliphatic carbocycles. The molecule has 0 saturated heterocycles. The molecule has 0 aromatic carbocycles. The lowest BCUT2D eigenvalue weighted by atomic mass is 10.0. The van der Waals surface area contributed by atoms with Gasteiger partial charge in [-0.15, -0.1) is 0 Å². The van der Waals surface area contributed by atoms with E-state index in [-0.39, 0.29) is 25.2 Å². The molecule has 1 N–H and O–H groups in total. The molecule has 0 aliphatic heterocycles. The lowest BCUT2D eigenvalue weighted by Gasteiger charge is -2.15. The monoisotopic (exact) mass is 1080 g/mol. The van der Waals surface area contributed by atoms with Crippen molar-refractivity contribution in [2.45, 2.75) is 315 Å². The van der Waals surface area contributed by atoms with Gasteiger partial charge < -0.3 is 14.6 Å². The van der Waals surface area contributed by atoms with E-state index in [1.165, 1.54) is 180 Å². The van der Waals surface area contributed by atoms with Crippen LogP contribution >= 0.6 is 0 Å². The number of aliphatic hydroxyl groups is 1. The summed E-state index contributed by atoms with van der Waals surface area (Å²) < 4.78 is 10.7. The van der Waals surface area contributed by atoms with E-state index in [4.69, 9.17) is 9.47 Å². The van der Waals surface area contributed by atoms with E-state index in [1.807, 2.05) is 0 Å². The highest BCUT2D eigenvalue weighted by Crippen LogP contribution is 2.17. The molecular weight excluding hydrogens is 957 g/mol. The van der Waals surface area contributed by atoms with Crippen molar-refractivity contribution in [3.8, 4) is 0 Å². The molecule has 0 aromatic rings. The molecule has 0 fully saturated rings.